The Kier molecular flexibility index (Phi) is 4.94. The molecule has 1 saturated heterocycles. The average molecular weight is 388 g/mol. The molecule has 3 rings (SSSR count). The van der Waals surface area contributed by atoms with E-state index in [4.69, 9.17) is 11.6 Å². The summed E-state index contributed by atoms with van der Waals surface area (Å²) in [5.41, 5.74) is 0. The number of hydrogen-bond acceptors (Lipinski definition) is 4. The van der Waals surface area contributed by atoms with Crippen molar-refractivity contribution < 1.29 is 17.6 Å². The Labute approximate surface area is 148 Å². The van der Waals surface area contributed by atoms with Crippen LogP contribution in [0.4, 0.5) is 4.39 Å². The first-order valence-electron chi connectivity index (χ1n) is 7.42. The minimum Gasteiger partial charge on any atom is -0.337 e. The van der Waals surface area contributed by atoms with Crippen LogP contribution in [0.5, 0.6) is 0 Å². The van der Waals surface area contributed by atoms with Gasteiger partial charge < -0.3 is 4.90 Å². The molecule has 1 aromatic heterocycles. The second-order valence-corrected chi connectivity index (χ2v) is 9.56. The van der Waals surface area contributed by atoms with Gasteiger partial charge in [-0.25, -0.2) is 12.8 Å². The summed E-state index contributed by atoms with van der Waals surface area (Å²) < 4.78 is 39.0. The maximum Gasteiger partial charge on any atom is 0.264 e. The van der Waals surface area contributed by atoms with Crippen LogP contribution in [0.3, 0.4) is 0 Å². The van der Waals surface area contributed by atoms with Crippen molar-refractivity contribution in [3.05, 3.63) is 51.4 Å². The van der Waals surface area contributed by atoms with Crippen LogP contribution in [0.15, 0.2) is 41.3 Å². The fraction of sp³-hybridized carbons (Fsp3) is 0.312. The quantitative estimate of drug-likeness (QED) is 0.756. The molecule has 0 unspecified atom stereocenters. The smallest absolute Gasteiger partial charge is 0.264 e. The monoisotopic (exact) mass is 387 g/mol. The van der Waals surface area contributed by atoms with Gasteiger partial charge in [0.1, 0.15) is 5.82 Å². The molecule has 24 heavy (non-hydrogen) atoms. The minimum atomic E-state index is -3.61. The zero-order valence-corrected chi connectivity index (χ0v) is 15.0. The summed E-state index contributed by atoms with van der Waals surface area (Å²) >= 11 is 7.04. The Morgan fingerprint density at radius 3 is 2.54 bits per heavy atom. The molecule has 1 aromatic carbocycles. The molecule has 4 nitrogen and oxygen atoms in total. The summed E-state index contributed by atoms with van der Waals surface area (Å²) in [4.78, 5) is 14.6. The number of piperidine rings is 1. The lowest BCUT2D eigenvalue weighted by molar-refractivity contribution is 0.0732. The summed E-state index contributed by atoms with van der Waals surface area (Å²) in [6.45, 7) is 0.651. The predicted octanol–water partition coefficient (Wildman–Crippen LogP) is 3.62. The maximum absolute atomic E-state index is 13.0. The van der Waals surface area contributed by atoms with E-state index in [1.165, 1.54) is 23.5 Å². The van der Waals surface area contributed by atoms with Crippen molar-refractivity contribution in [1.29, 1.82) is 0 Å². The molecule has 8 heteroatoms. The number of halogens is 2. The summed E-state index contributed by atoms with van der Waals surface area (Å²) in [5.74, 6) is -0.685. The molecule has 0 bridgehead atoms. The van der Waals surface area contributed by atoms with Crippen LogP contribution in [-0.4, -0.2) is 37.6 Å². The van der Waals surface area contributed by atoms with E-state index in [9.17, 15) is 17.6 Å². The molecule has 0 spiro atoms. The number of nitrogens with zero attached hydrogens (tertiary/aromatic N) is 1. The minimum absolute atomic E-state index is 0.0855. The van der Waals surface area contributed by atoms with Gasteiger partial charge in [0.05, 0.1) is 19.4 Å². The van der Waals surface area contributed by atoms with Gasteiger partial charge in [-0.05, 0) is 49.2 Å². The number of likely N-dealkylation sites (tertiary alicyclic amines) is 1. The molecule has 0 saturated carbocycles. The van der Waals surface area contributed by atoms with Crippen molar-refractivity contribution in [2.75, 3.05) is 13.1 Å². The van der Waals surface area contributed by atoms with E-state index >= 15 is 0 Å². The van der Waals surface area contributed by atoms with Gasteiger partial charge in [-0.15, -0.1) is 11.3 Å². The highest BCUT2D eigenvalue weighted by atomic mass is 35.5. The molecule has 2 heterocycles. The highest BCUT2D eigenvalue weighted by Gasteiger charge is 2.34. The lowest BCUT2D eigenvalue weighted by Gasteiger charge is -2.32. The lowest BCUT2D eigenvalue weighted by atomic mass is 10.1. The average Bonchev–Trinajstić information content (AvgIpc) is 3.01. The Morgan fingerprint density at radius 1 is 1.21 bits per heavy atom. The highest BCUT2D eigenvalue weighted by molar-refractivity contribution is 7.92. The van der Waals surface area contributed by atoms with Crippen molar-refractivity contribution in [2.24, 2.45) is 0 Å². The Hall–Kier alpha value is -1.44. The largest absolute Gasteiger partial charge is 0.337 e. The molecule has 1 fully saturated rings. The zero-order valence-electron chi connectivity index (χ0n) is 12.6. The summed E-state index contributed by atoms with van der Waals surface area (Å²) in [6.07, 6.45) is 1.09. The zero-order chi connectivity index (χ0) is 17.3. The molecule has 2 aromatic rings. The van der Waals surface area contributed by atoms with E-state index < -0.39 is 20.9 Å². The van der Waals surface area contributed by atoms with E-state index in [-0.39, 0.29) is 17.3 Å². The van der Waals surface area contributed by atoms with Gasteiger partial charge in [0.25, 0.3) is 5.91 Å². The lowest BCUT2D eigenvalue weighted by Crippen LogP contribution is -2.45. The van der Waals surface area contributed by atoms with Crippen LogP contribution >= 0.6 is 22.9 Å². The van der Waals surface area contributed by atoms with Crippen molar-refractivity contribution >= 4 is 38.7 Å². The maximum atomic E-state index is 13.0. The molecular formula is C16H15ClFNO3S2. The first kappa shape index (κ1) is 17.4. The van der Waals surface area contributed by atoms with E-state index in [1.807, 2.05) is 0 Å². The standard InChI is InChI=1S/C16H15ClFNO3S2/c17-15-8-7-14(23-15)16(20)19-9-1-2-13(10-19)24(21,22)12-5-3-11(18)4-6-12/h3-8,13H,1-2,9-10H2/t13-/m1/s1. The summed E-state index contributed by atoms with van der Waals surface area (Å²) in [5, 5.41) is -0.684. The van der Waals surface area contributed by atoms with Crippen molar-refractivity contribution in [1.82, 2.24) is 4.90 Å². The van der Waals surface area contributed by atoms with E-state index in [0.29, 0.717) is 28.6 Å². The third kappa shape index (κ3) is 3.48. The van der Waals surface area contributed by atoms with Crippen molar-refractivity contribution in [2.45, 2.75) is 23.0 Å². The number of hydrogen-bond donors (Lipinski definition) is 0. The van der Waals surface area contributed by atoms with Gasteiger partial charge in [0, 0.05) is 13.1 Å². The van der Waals surface area contributed by atoms with Crippen LogP contribution in [0.2, 0.25) is 4.34 Å². The van der Waals surface area contributed by atoms with Gasteiger partial charge in [0.15, 0.2) is 9.84 Å². The Balaban J connectivity index is 1.80. The molecule has 1 aliphatic heterocycles. The Bertz CT molecular complexity index is 848. The topological polar surface area (TPSA) is 54.5 Å². The normalized spacial score (nSPS) is 18.6. The fourth-order valence-corrected chi connectivity index (χ4v) is 5.54. The van der Waals surface area contributed by atoms with E-state index in [1.54, 1.807) is 17.0 Å². The molecule has 128 valence electrons. The number of thiophene rings is 1. The molecule has 1 atom stereocenters. The second-order valence-electron chi connectivity index (χ2n) is 5.62. The van der Waals surface area contributed by atoms with Crippen LogP contribution in [0.25, 0.3) is 0 Å². The van der Waals surface area contributed by atoms with Gasteiger partial charge in [-0.3, -0.25) is 4.79 Å². The molecule has 1 amide bonds. The summed E-state index contributed by atoms with van der Waals surface area (Å²) in [6, 6.07) is 8.09. The van der Waals surface area contributed by atoms with Crippen molar-refractivity contribution in [3.8, 4) is 0 Å². The van der Waals surface area contributed by atoms with Crippen molar-refractivity contribution in [3.63, 3.8) is 0 Å². The number of carbonyl (C=O) groups is 1. The van der Waals surface area contributed by atoms with Crippen LogP contribution in [0, 0.1) is 5.82 Å². The molecule has 0 N–H and O–H groups in total. The number of amides is 1. The van der Waals surface area contributed by atoms with Crippen LogP contribution in [-0.2, 0) is 9.84 Å². The Morgan fingerprint density at radius 2 is 1.92 bits per heavy atom. The molecule has 0 radical (unpaired) electrons. The molecule has 0 aliphatic carbocycles. The van der Waals surface area contributed by atoms with Gasteiger partial charge in [-0.2, -0.15) is 0 Å². The van der Waals surface area contributed by atoms with E-state index in [0.717, 1.165) is 12.1 Å². The van der Waals surface area contributed by atoms with E-state index in [2.05, 4.69) is 0 Å². The summed E-state index contributed by atoms with van der Waals surface area (Å²) in [7, 11) is -3.61. The van der Waals surface area contributed by atoms with Gasteiger partial charge in [0.2, 0.25) is 0 Å². The fourth-order valence-electron chi connectivity index (χ4n) is 2.78. The predicted molar refractivity (Wildman–Crippen MR) is 91.8 cm³/mol. The number of benzene rings is 1. The first-order chi connectivity index (χ1) is 11.4. The number of rotatable bonds is 3. The van der Waals surface area contributed by atoms with Gasteiger partial charge in [-0.1, -0.05) is 11.6 Å². The SMILES string of the molecule is O=C(c1ccc(Cl)s1)N1CCC[C@@H](S(=O)(=O)c2ccc(F)cc2)C1. The van der Waals surface area contributed by atoms with Crippen LogP contribution in [0.1, 0.15) is 22.5 Å². The van der Waals surface area contributed by atoms with Gasteiger partial charge >= 0.3 is 0 Å². The highest BCUT2D eigenvalue weighted by Crippen LogP contribution is 2.27. The second kappa shape index (κ2) is 6.82. The third-order valence-corrected chi connectivity index (χ3v) is 7.44. The number of carbonyl (C=O) groups excluding carboxylic acids is 1. The molecule has 1 aliphatic rings. The third-order valence-electron chi connectivity index (χ3n) is 4.03. The number of sulfone groups is 1. The first-order valence-corrected chi connectivity index (χ1v) is 10.2. The van der Waals surface area contributed by atoms with Crippen LogP contribution < -0.4 is 0 Å². The molecular weight excluding hydrogens is 373 g/mol.